The largest absolute Gasteiger partial charge is 0.265 e. The summed E-state index contributed by atoms with van der Waals surface area (Å²) in [7, 11) is 0. The lowest BCUT2D eigenvalue weighted by Crippen LogP contribution is -1.99. The van der Waals surface area contributed by atoms with Crippen LogP contribution in [0.2, 0.25) is 10.0 Å². The molecule has 0 fully saturated rings. The summed E-state index contributed by atoms with van der Waals surface area (Å²) in [5.74, 6) is 0.696. The molecule has 2 aromatic carbocycles. The second-order valence-electron chi connectivity index (χ2n) is 5.74. The minimum atomic E-state index is 0.639. The Balaban J connectivity index is 1.71. The highest BCUT2D eigenvalue weighted by molar-refractivity contribution is 6.31. The number of fused-ring (bicyclic) bond motifs is 3. The summed E-state index contributed by atoms with van der Waals surface area (Å²) in [6.45, 7) is 0. The lowest BCUT2D eigenvalue weighted by molar-refractivity contribution is 0.893. The van der Waals surface area contributed by atoms with Gasteiger partial charge in [0.05, 0.1) is 17.3 Å². The maximum Gasteiger partial charge on any atom is 0.175 e. The van der Waals surface area contributed by atoms with Gasteiger partial charge in [-0.25, -0.2) is 9.67 Å². The molecule has 0 radical (unpaired) electrons. The Morgan fingerprint density at radius 2 is 1.69 bits per heavy atom. The molecule has 0 saturated heterocycles. The van der Waals surface area contributed by atoms with E-state index >= 15 is 0 Å². The highest BCUT2D eigenvalue weighted by Crippen LogP contribution is 2.25. The van der Waals surface area contributed by atoms with Gasteiger partial charge >= 0.3 is 0 Å². The number of nitrogens with zero attached hydrogens (tertiary/aromatic N) is 6. The number of aromatic nitrogens is 6. The van der Waals surface area contributed by atoms with E-state index in [-0.39, 0.29) is 0 Å². The molecular weight excluding hydrogens is 371 g/mol. The fraction of sp³-hybridized carbons (Fsp3) is 0. The summed E-state index contributed by atoms with van der Waals surface area (Å²) >= 11 is 12.1. The standard InChI is InChI=1S/C18H10Cl2N6/c19-12-6-4-11(5-7-12)16-23-24-18-15-9-22-26(17(15)21-10-25(16)18)14-3-1-2-13(20)8-14/h1-10H. The Bertz CT molecular complexity index is 1260. The van der Waals surface area contributed by atoms with Gasteiger partial charge in [-0.3, -0.25) is 4.40 Å². The molecule has 126 valence electrons. The van der Waals surface area contributed by atoms with Gasteiger partial charge in [-0.05, 0) is 42.5 Å². The lowest BCUT2D eigenvalue weighted by Gasteiger charge is -2.04. The van der Waals surface area contributed by atoms with E-state index < -0.39 is 0 Å². The summed E-state index contributed by atoms with van der Waals surface area (Å²) in [5.41, 5.74) is 3.12. The van der Waals surface area contributed by atoms with Crippen LogP contribution in [0.3, 0.4) is 0 Å². The van der Waals surface area contributed by atoms with Gasteiger partial charge in [-0.15, -0.1) is 10.2 Å². The molecule has 0 aliphatic carbocycles. The van der Waals surface area contributed by atoms with Crippen LogP contribution in [0, 0.1) is 0 Å². The summed E-state index contributed by atoms with van der Waals surface area (Å²) in [5, 5.41) is 15.2. The van der Waals surface area contributed by atoms with Crippen LogP contribution in [0.4, 0.5) is 0 Å². The maximum absolute atomic E-state index is 6.09. The van der Waals surface area contributed by atoms with E-state index in [0.717, 1.165) is 16.6 Å². The molecular formula is C18H10Cl2N6. The molecule has 0 bridgehead atoms. The van der Waals surface area contributed by atoms with E-state index in [0.29, 0.717) is 27.2 Å². The molecule has 3 heterocycles. The van der Waals surface area contributed by atoms with Crippen LogP contribution in [-0.4, -0.2) is 29.4 Å². The molecule has 6 nitrogen and oxygen atoms in total. The van der Waals surface area contributed by atoms with Crippen LogP contribution in [0.5, 0.6) is 0 Å². The Hall–Kier alpha value is -2.96. The Morgan fingerprint density at radius 1 is 0.846 bits per heavy atom. The molecule has 5 aromatic rings. The van der Waals surface area contributed by atoms with Crippen molar-refractivity contribution < 1.29 is 0 Å². The maximum atomic E-state index is 6.09. The second kappa shape index (κ2) is 5.79. The smallest absolute Gasteiger partial charge is 0.175 e. The predicted molar refractivity (Wildman–Crippen MR) is 101 cm³/mol. The van der Waals surface area contributed by atoms with E-state index in [1.54, 1.807) is 17.2 Å². The van der Waals surface area contributed by atoms with Gasteiger partial charge in [0, 0.05) is 15.6 Å². The van der Waals surface area contributed by atoms with Crippen molar-refractivity contribution >= 4 is 39.9 Å². The van der Waals surface area contributed by atoms with E-state index in [2.05, 4.69) is 20.3 Å². The molecule has 0 saturated carbocycles. The Labute approximate surface area is 157 Å². The second-order valence-corrected chi connectivity index (χ2v) is 6.62. The molecule has 5 rings (SSSR count). The van der Waals surface area contributed by atoms with Crippen molar-refractivity contribution in [3.63, 3.8) is 0 Å². The van der Waals surface area contributed by atoms with Crippen molar-refractivity contribution in [1.29, 1.82) is 0 Å². The molecule has 8 heteroatoms. The topological polar surface area (TPSA) is 60.9 Å². The number of halogens is 2. The van der Waals surface area contributed by atoms with E-state index in [1.165, 1.54) is 0 Å². The van der Waals surface area contributed by atoms with Crippen LogP contribution in [0.25, 0.3) is 33.8 Å². The minimum Gasteiger partial charge on any atom is -0.265 e. The van der Waals surface area contributed by atoms with Crippen molar-refractivity contribution in [3.8, 4) is 17.1 Å². The molecule has 0 aliphatic heterocycles. The van der Waals surface area contributed by atoms with Crippen LogP contribution < -0.4 is 0 Å². The van der Waals surface area contributed by atoms with E-state index in [1.807, 2.05) is 52.9 Å². The number of rotatable bonds is 2. The van der Waals surface area contributed by atoms with Gasteiger partial charge in [0.1, 0.15) is 6.33 Å². The normalized spacial score (nSPS) is 11.5. The summed E-state index contributed by atoms with van der Waals surface area (Å²) in [6, 6.07) is 14.9. The Morgan fingerprint density at radius 3 is 2.50 bits per heavy atom. The molecule has 0 N–H and O–H groups in total. The van der Waals surface area contributed by atoms with Gasteiger partial charge in [0.2, 0.25) is 0 Å². The van der Waals surface area contributed by atoms with Gasteiger partial charge in [0.25, 0.3) is 0 Å². The Kier molecular flexibility index (Phi) is 3.41. The zero-order valence-corrected chi connectivity index (χ0v) is 14.7. The van der Waals surface area contributed by atoms with Crippen molar-refractivity contribution in [2.24, 2.45) is 0 Å². The highest BCUT2D eigenvalue weighted by Gasteiger charge is 2.15. The lowest BCUT2D eigenvalue weighted by atomic mass is 10.2. The van der Waals surface area contributed by atoms with Crippen molar-refractivity contribution in [1.82, 2.24) is 29.4 Å². The third-order valence-corrected chi connectivity index (χ3v) is 4.62. The fourth-order valence-corrected chi connectivity index (χ4v) is 3.22. The van der Waals surface area contributed by atoms with Crippen LogP contribution in [-0.2, 0) is 0 Å². The highest BCUT2D eigenvalue weighted by atomic mass is 35.5. The van der Waals surface area contributed by atoms with Gasteiger partial charge in [-0.2, -0.15) is 5.10 Å². The number of hydrogen-bond acceptors (Lipinski definition) is 4. The summed E-state index contributed by atoms with van der Waals surface area (Å²) < 4.78 is 3.58. The van der Waals surface area contributed by atoms with Crippen molar-refractivity contribution in [3.05, 3.63) is 71.1 Å². The minimum absolute atomic E-state index is 0.639. The zero-order valence-electron chi connectivity index (χ0n) is 13.2. The SMILES string of the molecule is Clc1ccc(-c2nnc3c4cnn(-c5cccc(Cl)c5)c4ncn23)cc1. The van der Waals surface area contributed by atoms with Crippen LogP contribution >= 0.6 is 23.2 Å². The van der Waals surface area contributed by atoms with Crippen molar-refractivity contribution in [2.45, 2.75) is 0 Å². The van der Waals surface area contributed by atoms with E-state index in [4.69, 9.17) is 23.2 Å². The fourth-order valence-electron chi connectivity index (χ4n) is 2.91. The quantitative estimate of drug-likeness (QED) is 0.454. The first-order valence-corrected chi connectivity index (χ1v) is 8.56. The summed E-state index contributed by atoms with van der Waals surface area (Å²) in [4.78, 5) is 4.57. The average Bonchev–Trinajstić information content (AvgIpc) is 3.26. The third kappa shape index (κ3) is 2.34. The van der Waals surface area contributed by atoms with E-state index in [9.17, 15) is 0 Å². The number of benzene rings is 2. The molecule has 3 aromatic heterocycles. The summed E-state index contributed by atoms with van der Waals surface area (Å²) in [6.07, 6.45) is 3.43. The van der Waals surface area contributed by atoms with Gasteiger partial charge in [-0.1, -0.05) is 29.3 Å². The first-order valence-electron chi connectivity index (χ1n) is 7.80. The first kappa shape index (κ1) is 15.3. The molecule has 0 unspecified atom stereocenters. The first-order chi connectivity index (χ1) is 12.7. The van der Waals surface area contributed by atoms with Gasteiger partial charge in [0.15, 0.2) is 17.1 Å². The zero-order chi connectivity index (χ0) is 17.7. The van der Waals surface area contributed by atoms with Gasteiger partial charge < -0.3 is 0 Å². The van der Waals surface area contributed by atoms with Crippen molar-refractivity contribution in [2.75, 3.05) is 0 Å². The predicted octanol–water partition coefficient (Wildman–Crippen LogP) is 4.44. The van der Waals surface area contributed by atoms with Crippen LogP contribution in [0.15, 0.2) is 61.1 Å². The average molecular weight is 381 g/mol. The molecule has 0 amide bonds. The molecule has 0 atom stereocenters. The third-order valence-electron chi connectivity index (χ3n) is 4.13. The molecule has 26 heavy (non-hydrogen) atoms. The number of hydrogen-bond donors (Lipinski definition) is 0. The monoisotopic (exact) mass is 380 g/mol. The van der Waals surface area contributed by atoms with Crippen LogP contribution in [0.1, 0.15) is 0 Å². The molecule has 0 spiro atoms. The molecule has 0 aliphatic rings.